The van der Waals surface area contributed by atoms with Gasteiger partial charge in [-0.3, -0.25) is 15.2 Å². The molecule has 0 saturated heterocycles. The van der Waals surface area contributed by atoms with Crippen LogP contribution < -0.4 is 21.7 Å². The van der Waals surface area contributed by atoms with E-state index in [1.807, 2.05) is 0 Å². The zero-order chi connectivity index (χ0) is 16.2. The number of hydrazine groups is 1. The Balaban J connectivity index is 1.67. The number of nitrogens with zero attached hydrogens (tertiary/aromatic N) is 1. The van der Waals surface area contributed by atoms with Crippen molar-refractivity contribution in [1.29, 1.82) is 0 Å². The average Bonchev–Trinajstić information content (AvgIpc) is 2.55. The number of hydrogen-bond acceptors (Lipinski definition) is 4. The van der Waals surface area contributed by atoms with Gasteiger partial charge in [-0.05, 0) is 36.4 Å². The second-order valence-corrected chi connectivity index (χ2v) is 5.08. The van der Waals surface area contributed by atoms with E-state index in [2.05, 4.69) is 26.1 Å². The molecule has 0 unspecified atom stereocenters. The SMILES string of the molecule is O=C(NNc1nc2ccccc2c(=O)[nH]1)Nc1ccc(Cl)cc1. The minimum atomic E-state index is -0.511. The lowest BCUT2D eigenvalue weighted by atomic mass is 10.2. The van der Waals surface area contributed by atoms with E-state index in [1.54, 1.807) is 48.5 Å². The third-order valence-corrected chi connectivity index (χ3v) is 3.26. The van der Waals surface area contributed by atoms with Crippen molar-refractivity contribution in [3.63, 3.8) is 0 Å². The molecule has 0 spiro atoms. The Morgan fingerprint density at radius 2 is 1.83 bits per heavy atom. The van der Waals surface area contributed by atoms with Crippen LogP contribution in [0.15, 0.2) is 53.3 Å². The average molecular weight is 330 g/mol. The first-order valence-electron chi connectivity index (χ1n) is 6.69. The number of carbonyl (C=O) groups excluding carboxylic acids is 1. The lowest BCUT2D eigenvalue weighted by Gasteiger charge is -2.09. The van der Waals surface area contributed by atoms with Crippen molar-refractivity contribution >= 4 is 40.2 Å². The monoisotopic (exact) mass is 329 g/mol. The van der Waals surface area contributed by atoms with Crippen LogP contribution in [0.25, 0.3) is 10.9 Å². The third-order valence-electron chi connectivity index (χ3n) is 3.01. The van der Waals surface area contributed by atoms with Gasteiger partial charge in [0.1, 0.15) is 0 Å². The second kappa shape index (κ2) is 6.37. The van der Waals surface area contributed by atoms with Gasteiger partial charge in [-0.1, -0.05) is 23.7 Å². The molecule has 8 heteroatoms. The highest BCUT2D eigenvalue weighted by molar-refractivity contribution is 6.30. The lowest BCUT2D eigenvalue weighted by molar-refractivity contribution is 0.253. The van der Waals surface area contributed by atoms with E-state index in [4.69, 9.17) is 11.6 Å². The number of fused-ring (bicyclic) bond motifs is 1. The minimum Gasteiger partial charge on any atom is -0.307 e. The molecule has 0 radical (unpaired) electrons. The Morgan fingerprint density at radius 1 is 1.09 bits per heavy atom. The fourth-order valence-electron chi connectivity index (χ4n) is 1.96. The van der Waals surface area contributed by atoms with Crippen LogP contribution in [-0.4, -0.2) is 16.0 Å². The van der Waals surface area contributed by atoms with Crippen LogP contribution in [0.3, 0.4) is 0 Å². The van der Waals surface area contributed by atoms with Crippen LogP contribution in [-0.2, 0) is 0 Å². The number of halogens is 1. The summed E-state index contributed by atoms with van der Waals surface area (Å²) in [6.07, 6.45) is 0. The molecular formula is C15H12ClN5O2. The smallest absolute Gasteiger partial charge is 0.307 e. The van der Waals surface area contributed by atoms with Crippen LogP contribution in [0, 0.1) is 0 Å². The van der Waals surface area contributed by atoms with E-state index in [-0.39, 0.29) is 11.5 Å². The zero-order valence-electron chi connectivity index (χ0n) is 11.8. The summed E-state index contributed by atoms with van der Waals surface area (Å²) < 4.78 is 0. The zero-order valence-corrected chi connectivity index (χ0v) is 12.5. The molecule has 0 aliphatic rings. The largest absolute Gasteiger partial charge is 0.337 e. The Kier molecular flexibility index (Phi) is 4.11. The number of aromatic nitrogens is 2. The highest BCUT2D eigenvalue weighted by Crippen LogP contribution is 2.13. The number of nitrogens with one attached hydrogen (secondary N) is 4. The molecule has 0 bridgehead atoms. The van der Waals surface area contributed by atoms with E-state index >= 15 is 0 Å². The topological polar surface area (TPSA) is 98.9 Å². The predicted octanol–water partition coefficient (Wildman–Crippen LogP) is 2.73. The molecule has 0 aliphatic carbocycles. The number of amides is 2. The molecule has 0 atom stereocenters. The molecule has 0 aliphatic heterocycles. The van der Waals surface area contributed by atoms with Crippen molar-refractivity contribution in [3.05, 3.63) is 63.9 Å². The molecule has 3 rings (SSSR count). The molecule has 2 aromatic carbocycles. The summed E-state index contributed by atoms with van der Waals surface area (Å²) in [5, 5.41) is 3.65. The molecule has 23 heavy (non-hydrogen) atoms. The minimum absolute atomic E-state index is 0.139. The number of benzene rings is 2. The standard InChI is InChI=1S/C15H12ClN5O2/c16-9-5-7-10(8-6-9)17-15(23)21-20-14-18-12-4-2-1-3-11(12)13(22)19-14/h1-8H,(H2,17,21,23)(H2,18,19,20,22). The van der Waals surface area contributed by atoms with Gasteiger partial charge in [0.15, 0.2) is 0 Å². The maximum Gasteiger partial charge on any atom is 0.337 e. The van der Waals surface area contributed by atoms with E-state index in [1.165, 1.54) is 0 Å². The maximum atomic E-state index is 11.9. The van der Waals surface area contributed by atoms with Gasteiger partial charge in [0.05, 0.1) is 10.9 Å². The Morgan fingerprint density at radius 3 is 2.61 bits per heavy atom. The number of aromatic amines is 1. The summed E-state index contributed by atoms with van der Waals surface area (Å²) in [5.74, 6) is 0.139. The van der Waals surface area contributed by atoms with Crippen molar-refractivity contribution < 1.29 is 4.79 Å². The molecule has 7 nitrogen and oxygen atoms in total. The van der Waals surface area contributed by atoms with Gasteiger partial charge in [0, 0.05) is 10.7 Å². The van der Waals surface area contributed by atoms with Gasteiger partial charge in [-0.2, -0.15) is 0 Å². The highest BCUT2D eigenvalue weighted by atomic mass is 35.5. The summed E-state index contributed by atoms with van der Waals surface area (Å²) in [6, 6.07) is 13.1. The molecule has 116 valence electrons. The van der Waals surface area contributed by atoms with Gasteiger partial charge in [-0.25, -0.2) is 15.2 Å². The summed E-state index contributed by atoms with van der Waals surface area (Å²) in [4.78, 5) is 30.4. The van der Waals surface area contributed by atoms with E-state index in [0.717, 1.165) is 0 Å². The fourth-order valence-corrected chi connectivity index (χ4v) is 2.08. The number of anilines is 2. The molecule has 1 heterocycles. The first-order valence-corrected chi connectivity index (χ1v) is 7.07. The van der Waals surface area contributed by atoms with Gasteiger partial charge < -0.3 is 5.32 Å². The quantitative estimate of drug-likeness (QED) is 0.555. The van der Waals surface area contributed by atoms with Crippen molar-refractivity contribution in [1.82, 2.24) is 15.4 Å². The maximum absolute atomic E-state index is 11.9. The molecule has 3 aromatic rings. The van der Waals surface area contributed by atoms with E-state index < -0.39 is 6.03 Å². The van der Waals surface area contributed by atoms with Crippen molar-refractivity contribution in [2.45, 2.75) is 0 Å². The Bertz CT molecular complexity index is 908. The van der Waals surface area contributed by atoms with Crippen molar-refractivity contribution in [3.8, 4) is 0 Å². The van der Waals surface area contributed by atoms with Gasteiger partial charge >= 0.3 is 6.03 Å². The summed E-state index contributed by atoms with van der Waals surface area (Å²) >= 11 is 5.77. The summed E-state index contributed by atoms with van der Waals surface area (Å²) in [7, 11) is 0. The highest BCUT2D eigenvalue weighted by Gasteiger charge is 2.05. The van der Waals surface area contributed by atoms with Crippen LogP contribution in [0.2, 0.25) is 5.02 Å². The van der Waals surface area contributed by atoms with E-state index in [9.17, 15) is 9.59 Å². The van der Waals surface area contributed by atoms with Crippen LogP contribution in [0.5, 0.6) is 0 Å². The van der Waals surface area contributed by atoms with Gasteiger partial charge in [0.25, 0.3) is 5.56 Å². The number of carbonyl (C=O) groups is 1. The Hall–Kier alpha value is -3.06. The number of urea groups is 1. The van der Waals surface area contributed by atoms with E-state index in [0.29, 0.717) is 21.6 Å². The van der Waals surface area contributed by atoms with Crippen LogP contribution in [0.1, 0.15) is 0 Å². The molecule has 2 amide bonds. The molecule has 4 N–H and O–H groups in total. The fraction of sp³-hybridized carbons (Fsp3) is 0. The number of para-hydroxylation sites is 1. The summed E-state index contributed by atoms with van der Waals surface area (Å²) in [6.45, 7) is 0. The molecule has 1 aromatic heterocycles. The van der Waals surface area contributed by atoms with Crippen molar-refractivity contribution in [2.24, 2.45) is 0 Å². The molecular weight excluding hydrogens is 318 g/mol. The number of rotatable bonds is 3. The summed E-state index contributed by atoms with van der Waals surface area (Å²) in [5.41, 5.74) is 5.75. The van der Waals surface area contributed by atoms with Crippen molar-refractivity contribution in [2.75, 3.05) is 10.7 Å². The van der Waals surface area contributed by atoms with Crippen LogP contribution >= 0.6 is 11.6 Å². The normalized spacial score (nSPS) is 10.3. The number of H-pyrrole nitrogens is 1. The predicted molar refractivity (Wildman–Crippen MR) is 89.6 cm³/mol. The first kappa shape index (κ1) is 14.9. The third kappa shape index (κ3) is 3.58. The second-order valence-electron chi connectivity index (χ2n) is 4.64. The Labute approximate surface area is 135 Å². The first-order chi connectivity index (χ1) is 11.1. The molecule has 0 saturated carbocycles. The van der Waals surface area contributed by atoms with Gasteiger partial charge in [0.2, 0.25) is 5.95 Å². The molecule has 0 fully saturated rings. The van der Waals surface area contributed by atoms with Gasteiger partial charge in [-0.15, -0.1) is 0 Å². The van der Waals surface area contributed by atoms with Crippen LogP contribution in [0.4, 0.5) is 16.4 Å². The lowest BCUT2D eigenvalue weighted by Crippen LogP contribution is -2.34. The number of hydrogen-bond donors (Lipinski definition) is 4.